The number of hydrogen-bond donors (Lipinski definition) is 3. The molecule has 3 fully saturated rings. The minimum Gasteiger partial charge on any atom is -0.298 e. The van der Waals surface area contributed by atoms with Gasteiger partial charge in [-0.1, -0.05) is 12.2 Å². The Bertz CT molecular complexity index is 647. The van der Waals surface area contributed by atoms with E-state index in [4.69, 9.17) is 10.2 Å². The summed E-state index contributed by atoms with van der Waals surface area (Å²) in [7, 11) is 4.23. The lowest BCUT2D eigenvalue weighted by molar-refractivity contribution is 0.0103. The van der Waals surface area contributed by atoms with E-state index < -0.39 is 0 Å². The molecule has 1 aliphatic carbocycles. The minimum atomic E-state index is 0.163. The molecule has 4 aliphatic heterocycles. The van der Waals surface area contributed by atoms with E-state index in [-0.39, 0.29) is 12.1 Å². The third-order valence-corrected chi connectivity index (χ3v) is 7.58. The van der Waals surface area contributed by atoms with E-state index in [0.29, 0.717) is 24.4 Å². The third-order valence-electron chi connectivity index (χ3n) is 7.58. The van der Waals surface area contributed by atoms with Gasteiger partial charge in [-0.15, -0.1) is 0 Å². The third kappa shape index (κ3) is 3.60. The van der Waals surface area contributed by atoms with Gasteiger partial charge in [0.25, 0.3) is 0 Å². The van der Waals surface area contributed by atoms with Crippen molar-refractivity contribution in [1.82, 2.24) is 26.0 Å². The number of hydrogen-bond acceptors (Lipinski definition) is 7. The minimum absolute atomic E-state index is 0.163. The first kappa shape index (κ1) is 18.6. The molecule has 5 aliphatic rings. The fourth-order valence-corrected chi connectivity index (χ4v) is 5.91. The van der Waals surface area contributed by atoms with Crippen molar-refractivity contribution >= 4 is 12.4 Å². The first-order chi connectivity index (χ1) is 13.7. The molecule has 4 heterocycles. The topological polar surface area (TPSA) is 67.3 Å². The SMILES string of the molecule is CN1N=CC2C=CCC(C=NN(C)C3CCC4CCC5CCC1NC5C4N3)N2. The highest BCUT2D eigenvalue weighted by Gasteiger charge is 2.45. The Labute approximate surface area is 168 Å². The molecular weight excluding hydrogens is 350 g/mol. The van der Waals surface area contributed by atoms with Gasteiger partial charge in [0, 0.05) is 44.7 Å². The molecule has 3 N–H and O–H groups in total. The lowest BCUT2D eigenvalue weighted by Gasteiger charge is -2.53. The van der Waals surface area contributed by atoms with E-state index >= 15 is 0 Å². The fourth-order valence-electron chi connectivity index (χ4n) is 5.91. The monoisotopic (exact) mass is 385 g/mol. The van der Waals surface area contributed by atoms with Crippen LogP contribution in [0.2, 0.25) is 0 Å². The van der Waals surface area contributed by atoms with Gasteiger partial charge in [0.15, 0.2) is 0 Å². The number of piperidine rings is 2. The van der Waals surface area contributed by atoms with Gasteiger partial charge in [-0.05, 0) is 56.8 Å². The molecule has 8 unspecified atom stereocenters. The number of rotatable bonds is 0. The summed E-state index contributed by atoms with van der Waals surface area (Å²) in [5, 5.41) is 25.5. The van der Waals surface area contributed by atoms with Gasteiger partial charge in [-0.25, -0.2) is 0 Å². The second-order valence-corrected chi connectivity index (χ2v) is 9.31. The van der Waals surface area contributed by atoms with Crippen LogP contribution < -0.4 is 16.0 Å². The Kier molecular flexibility index (Phi) is 5.15. The number of nitrogens with zero attached hydrogens (tertiary/aromatic N) is 4. The molecule has 0 amide bonds. The number of fused-ring (bicyclic) bond motifs is 4. The summed E-state index contributed by atoms with van der Waals surface area (Å²) >= 11 is 0. The number of nitrogens with one attached hydrogen (secondary N) is 3. The molecule has 0 aromatic carbocycles. The van der Waals surface area contributed by atoms with Crippen molar-refractivity contribution in [3.63, 3.8) is 0 Å². The average Bonchev–Trinajstić information content (AvgIpc) is 2.74. The van der Waals surface area contributed by atoms with E-state index in [9.17, 15) is 0 Å². The van der Waals surface area contributed by atoms with Crippen molar-refractivity contribution < 1.29 is 0 Å². The van der Waals surface area contributed by atoms with Crippen LogP contribution in [-0.4, -0.2) is 73.0 Å². The molecule has 7 nitrogen and oxygen atoms in total. The smallest absolute Gasteiger partial charge is 0.0963 e. The summed E-state index contributed by atoms with van der Waals surface area (Å²) < 4.78 is 0. The van der Waals surface area contributed by atoms with E-state index in [2.05, 4.69) is 58.4 Å². The van der Waals surface area contributed by atoms with Crippen molar-refractivity contribution in [3.05, 3.63) is 12.2 Å². The van der Waals surface area contributed by atoms with Gasteiger partial charge >= 0.3 is 0 Å². The van der Waals surface area contributed by atoms with Gasteiger partial charge in [0.05, 0.1) is 18.4 Å². The van der Waals surface area contributed by atoms with Crippen molar-refractivity contribution in [2.24, 2.45) is 22.0 Å². The Morgan fingerprint density at radius 2 is 1.32 bits per heavy atom. The van der Waals surface area contributed by atoms with Gasteiger partial charge < -0.3 is 0 Å². The summed E-state index contributed by atoms with van der Waals surface area (Å²) in [6.07, 6.45) is 17.9. The van der Waals surface area contributed by atoms with E-state index in [1.807, 2.05) is 6.21 Å². The molecule has 1 saturated carbocycles. The molecule has 0 aromatic rings. The maximum Gasteiger partial charge on any atom is 0.0963 e. The van der Waals surface area contributed by atoms with Crippen LogP contribution in [-0.2, 0) is 0 Å². The van der Waals surface area contributed by atoms with Gasteiger partial charge in [0.2, 0.25) is 0 Å². The van der Waals surface area contributed by atoms with Gasteiger partial charge in [0.1, 0.15) is 0 Å². The van der Waals surface area contributed by atoms with Crippen molar-refractivity contribution in [3.8, 4) is 0 Å². The highest BCUT2D eigenvalue weighted by atomic mass is 15.5. The first-order valence-corrected chi connectivity index (χ1v) is 11.2. The van der Waals surface area contributed by atoms with Crippen LogP contribution in [0.25, 0.3) is 0 Å². The Morgan fingerprint density at radius 1 is 0.750 bits per heavy atom. The van der Waals surface area contributed by atoms with Crippen molar-refractivity contribution in [1.29, 1.82) is 0 Å². The average molecular weight is 386 g/mol. The van der Waals surface area contributed by atoms with Crippen LogP contribution in [0.4, 0.5) is 0 Å². The van der Waals surface area contributed by atoms with Crippen molar-refractivity contribution in [2.45, 2.75) is 81.4 Å². The summed E-state index contributed by atoms with van der Waals surface area (Å²) in [5.41, 5.74) is 0. The molecular formula is C21H35N7. The van der Waals surface area contributed by atoms with Gasteiger partial charge in [-0.2, -0.15) is 10.2 Å². The predicted octanol–water partition coefficient (Wildman–Crippen LogP) is 1.30. The Hall–Kier alpha value is -1.44. The van der Waals surface area contributed by atoms with E-state index in [1.54, 1.807) is 0 Å². The first-order valence-electron chi connectivity index (χ1n) is 11.2. The highest BCUT2D eigenvalue weighted by Crippen LogP contribution is 2.40. The molecule has 6 bridgehead atoms. The molecule has 0 aromatic heterocycles. The largest absolute Gasteiger partial charge is 0.298 e. The highest BCUT2D eigenvalue weighted by molar-refractivity contribution is 5.71. The molecule has 154 valence electrons. The van der Waals surface area contributed by atoms with Crippen LogP contribution in [0.5, 0.6) is 0 Å². The molecule has 5 rings (SSSR count). The standard InChI is InChI=1S/C21H35N7/c1-27-18-10-8-14-6-7-15-9-11-19(26-21(15)20(14)25-18)28(2)23-13-17-5-3-4-16(24-17)12-22-27/h3-4,12-21,24-26H,5-11H2,1-2H3. The maximum absolute atomic E-state index is 4.81. The second kappa shape index (κ2) is 7.76. The quantitative estimate of drug-likeness (QED) is 0.549. The summed E-state index contributed by atoms with van der Waals surface area (Å²) in [4.78, 5) is 0. The summed E-state index contributed by atoms with van der Waals surface area (Å²) in [6.45, 7) is 0. The zero-order chi connectivity index (χ0) is 19.1. The molecule has 8 atom stereocenters. The normalized spacial score (nSPS) is 45.6. The molecule has 7 heteroatoms. The lowest BCUT2D eigenvalue weighted by Crippen LogP contribution is -2.68. The maximum atomic E-state index is 4.81. The Balaban J connectivity index is 1.44. The van der Waals surface area contributed by atoms with Crippen LogP contribution in [0.3, 0.4) is 0 Å². The van der Waals surface area contributed by atoms with Crippen LogP contribution >= 0.6 is 0 Å². The van der Waals surface area contributed by atoms with E-state index in [1.165, 1.54) is 38.5 Å². The second-order valence-electron chi connectivity index (χ2n) is 9.31. The molecule has 0 spiro atoms. The zero-order valence-electron chi connectivity index (χ0n) is 17.2. The number of hydrazone groups is 2. The van der Waals surface area contributed by atoms with E-state index in [0.717, 1.165) is 18.3 Å². The summed E-state index contributed by atoms with van der Waals surface area (Å²) in [5.74, 6) is 1.57. The zero-order valence-corrected chi connectivity index (χ0v) is 17.2. The van der Waals surface area contributed by atoms with Crippen LogP contribution in [0.1, 0.15) is 44.9 Å². The molecule has 0 radical (unpaired) electrons. The summed E-state index contributed by atoms with van der Waals surface area (Å²) in [6, 6.07) is 1.50. The molecule has 2 saturated heterocycles. The van der Waals surface area contributed by atoms with Crippen LogP contribution in [0, 0.1) is 11.8 Å². The van der Waals surface area contributed by atoms with Gasteiger partial charge in [-0.3, -0.25) is 26.0 Å². The molecule has 28 heavy (non-hydrogen) atoms. The predicted molar refractivity (Wildman–Crippen MR) is 113 cm³/mol. The lowest BCUT2D eigenvalue weighted by atomic mass is 9.68. The van der Waals surface area contributed by atoms with Crippen LogP contribution in [0.15, 0.2) is 22.4 Å². The fraction of sp³-hybridized carbons (Fsp3) is 0.810. The Morgan fingerprint density at radius 3 is 1.96 bits per heavy atom. The van der Waals surface area contributed by atoms with Crippen molar-refractivity contribution in [2.75, 3.05) is 14.1 Å².